The van der Waals surface area contributed by atoms with Crippen molar-refractivity contribution in [3.63, 3.8) is 0 Å². The summed E-state index contributed by atoms with van der Waals surface area (Å²) in [7, 11) is 0. The molecule has 2 heterocycles. The first-order chi connectivity index (χ1) is 13.1. The van der Waals surface area contributed by atoms with Crippen molar-refractivity contribution >= 4 is 17.7 Å². The standard InChI is InChI=1S/C19H32N6O3/c1-19(2,3)28-18(27)24-10-8-23(9-11-24)13-4-6-14(7-5-13)25-12-15(20)16(22-25)17(21)26/h12-14H,4-11,20H2,1-3H3,(H2,21,26)/t13-,14-. The van der Waals surface area contributed by atoms with E-state index in [1.807, 2.05) is 20.8 Å². The van der Waals surface area contributed by atoms with Crippen molar-refractivity contribution in [2.45, 2.75) is 64.1 Å². The van der Waals surface area contributed by atoms with Crippen LogP contribution < -0.4 is 11.5 Å². The number of hydrogen-bond acceptors (Lipinski definition) is 6. The lowest BCUT2D eigenvalue weighted by Crippen LogP contribution is -2.53. The third kappa shape index (κ3) is 4.76. The Morgan fingerprint density at radius 1 is 1.07 bits per heavy atom. The molecule has 0 atom stereocenters. The molecule has 4 N–H and O–H groups in total. The number of nitrogens with two attached hydrogens (primary N) is 2. The van der Waals surface area contributed by atoms with Crippen LogP contribution in [0.2, 0.25) is 0 Å². The Bertz CT molecular complexity index is 710. The van der Waals surface area contributed by atoms with Gasteiger partial charge in [0, 0.05) is 38.4 Å². The highest BCUT2D eigenvalue weighted by molar-refractivity contribution is 5.95. The second-order valence-corrected chi connectivity index (χ2v) is 8.74. The number of ether oxygens (including phenoxy) is 1. The number of nitrogen functional groups attached to an aromatic ring is 1. The fourth-order valence-corrected chi connectivity index (χ4v) is 4.07. The molecular weight excluding hydrogens is 360 g/mol. The predicted molar refractivity (Wildman–Crippen MR) is 106 cm³/mol. The van der Waals surface area contributed by atoms with E-state index >= 15 is 0 Å². The van der Waals surface area contributed by atoms with E-state index in [4.69, 9.17) is 16.2 Å². The van der Waals surface area contributed by atoms with Crippen molar-refractivity contribution in [2.75, 3.05) is 31.9 Å². The number of primary amides is 1. The van der Waals surface area contributed by atoms with Crippen LogP contribution in [0.4, 0.5) is 10.5 Å². The smallest absolute Gasteiger partial charge is 0.410 e. The van der Waals surface area contributed by atoms with Gasteiger partial charge in [0.1, 0.15) is 5.60 Å². The molecule has 0 bridgehead atoms. The van der Waals surface area contributed by atoms with Gasteiger partial charge in [0.15, 0.2) is 5.69 Å². The van der Waals surface area contributed by atoms with E-state index in [0.717, 1.165) is 38.8 Å². The minimum Gasteiger partial charge on any atom is -0.444 e. The number of carbonyl (C=O) groups is 2. The highest BCUT2D eigenvalue weighted by Crippen LogP contribution is 2.32. The normalized spacial score (nSPS) is 24.2. The average molecular weight is 393 g/mol. The van der Waals surface area contributed by atoms with Crippen molar-refractivity contribution < 1.29 is 14.3 Å². The van der Waals surface area contributed by atoms with Gasteiger partial charge in [0.2, 0.25) is 0 Å². The van der Waals surface area contributed by atoms with Gasteiger partial charge in [-0.2, -0.15) is 5.10 Å². The average Bonchev–Trinajstić information content (AvgIpc) is 3.03. The highest BCUT2D eigenvalue weighted by Gasteiger charge is 2.32. The summed E-state index contributed by atoms with van der Waals surface area (Å²) in [5.74, 6) is -0.590. The zero-order chi connectivity index (χ0) is 20.5. The van der Waals surface area contributed by atoms with Crippen LogP contribution in [0.3, 0.4) is 0 Å². The molecule has 2 fully saturated rings. The molecule has 1 aromatic heterocycles. The van der Waals surface area contributed by atoms with Gasteiger partial charge in [-0.15, -0.1) is 0 Å². The Labute approximate surface area is 166 Å². The van der Waals surface area contributed by atoms with Gasteiger partial charge in [-0.05, 0) is 46.5 Å². The summed E-state index contributed by atoms with van der Waals surface area (Å²) in [5.41, 5.74) is 11.2. The fourth-order valence-electron chi connectivity index (χ4n) is 4.07. The fraction of sp³-hybridized carbons (Fsp3) is 0.737. The predicted octanol–water partition coefficient (Wildman–Crippen LogP) is 1.60. The molecule has 28 heavy (non-hydrogen) atoms. The molecule has 0 unspecified atom stereocenters. The summed E-state index contributed by atoms with van der Waals surface area (Å²) in [6.45, 7) is 8.81. The van der Waals surface area contributed by atoms with E-state index in [1.54, 1.807) is 15.8 Å². The summed E-state index contributed by atoms with van der Waals surface area (Å²) < 4.78 is 7.26. The lowest BCUT2D eigenvalue weighted by Gasteiger charge is -2.42. The van der Waals surface area contributed by atoms with E-state index in [2.05, 4.69) is 10.00 Å². The molecule has 1 aromatic rings. The Balaban J connectivity index is 1.48. The third-order valence-corrected chi connectivity index (χ3v) is 5.52. The van der Waals surface area contributed by atoms with Crippen molar-refractivity contribution in [2.24, 2.45) is 5.73 Å². The summed E-state index contributed by atoms with van der Waals surface area (Å²) in [5, 5.41) is 4.27. The van der Waals surface area contributed by atoms with E-state index in [-0.39, 0.29) is 17.8 Å². The number of rotatable bonds is 3. The van der Waals surface area contributed by atoms with E-state index in [0.29, 0.717) is 24.8 Å². The lowest BCUT2D eigenvalue weighted by atomic mass is 9.90. The maximum absolute atomic E-state index is 12.2. The molecule has 9 nitrogen and oxygen atoms in total. The maximum Gasteiger partial charge on any atom is 0.410 e. The number of carbonyl (C=O) groups excluding carboxylic acids is 2. The van der Waals surface area contributed by atoms with Crippen molar-refractivity contribution in [3.8, 4) is 0 Å². The molecule has 0 aromatic carbocycles. The van der Waals surface area contributed by atoms with Crippen LogP contribution in [0.25, 0.3) is 0 Å². The molecule has 9 heteroatoms. The van der Waals surface area contributed by atoms with E-state index in [9.17, 15) is 9.59 Å². The second kappa shape index (κ2) is 7.98. The largest absolute Gasteiger partial charge is 0.444 e. The van der Waals surface area contributed by atoms with Gasteiger partial charge >= 0.3 is 6.09 Å². The Morgan fingerprint density at radius 2 is 1.64 bits per heavy atom. The molecule has 2 amide bonds. The first-order valence-electron chi connectivity index (χ1n) is 10.0. The zero-order valence-electron chi connectivity index (χ0n) is 17.1. The Kier molecular flexibility index (Phi) is 5.83. The summed E-state index contributed by atoms with van der Waals surface area (Å²) in [4.78, 5) is 27.8. The van der Waals surface area contributed by atoms with E-state index in [1.165, 1.54) is 0 Å². The van der Waals surface area contributed by atoms with Crippen LogP contribution in [0, 0.1) is 0 Å². The third-order valence-electron chi connectivity index (χ3n) is 5.52. The molecule has 156 valence electrons. The molecule has 0 radical (unpaired) electrons. The SMILES string of the molecule is CC(C)(C)OC(=O)N1CCN([C@H]2CC[C@H](n3cc(N)c(C(N)=O)n3)CC2)CC1. The van der Waals surface area contributed by atoms with Gasteiger partial charge < -0.3 is 21.1 Å². The maximum atomic E-state index is 12.2. The van der Waals surface area contributed by atoms with Crippen molar-refractivity contribution in [1.29, 1.82) is 0 Å². The molecule has 1 aliphatic heterocycles. The van der Waals surface area contributed by atoms with Gasteiger partial charge in [-0.3, -0.25) is 14.4 Å². The molecule has 1 aliphatic carbocycles. The Hall–Kier alpha value is -2.29. The first kappa shape index (κ1) is 20.4. The number of aromatic nitrogens is 2. The summed E-state index contributed by atoms with van der Waals surface area (Å²) in [6, 6.07) is 0.759. The second-order valence-electron chi connectivity index (χ2n) is 8.74. The highest BCUT2D eigenvalue weighted by atomic mass is 16.6. The number of hydrogen-bond donors (Lipinski definition) is 2. The first-order valence-corrected chi connectivity index (χ1v) is 10.0. The van der Waals surface area contributed by atoms with Gasteiger partial charge in [-0.25, -0.2) is 4.79 Å². The molecule has 1 saturated carbocycles. The summed E-state index contributed by atoms with van der Waals surface area (Å²) in [6.07, 6.45) is 5.57. The van der Waals surface area contributed by atoms with Crippen LogP contribution in [0.5, 0.6) is 0 Å². The Morgan fingerprint density at radius 3 is 2.14 bits per heavy atom. The molecule has 3 rings (SSSR count). The summed E-state index contributed by atoms with van der Waals surface area (Å²) >= 11 is 0. The number of amides is 2. The lowest BCUT2D eigenvalue weighted by molar-refractivity contribution is 0.00722. The van der Waals surface area contributed by atoms with Crippen molar-refractivity contribution in [1.82, 2.24) is 19.6 Å². The molecular formula is C19H32N6O3. The quantitative estimate of drug-likeness (QED) is 0.806. The van der Waals surface area contributed by atoms with Gasteiger partial charge in [0.05, 0.1) is 11.7 Å². The molecule has 1 saturated heterocycles. The van der Waals surface area contributed by atoms with Crippen LogP contribution in [0.1, 0.15) is 63.0 Å². The number of piperazine rings is 1. The van der Waals surface area contributed by atoms with Crippen LogP contribution in [-0.2, 0) is 4.74 Å². The minimum atomic E-state index is -0.590. The monoisotopic (exact) mass is 392 g/mol. The van der Waals surface area contributed by atoms with Gasteiger partial charge in [0.25, 0.3) is 5.91 Å². The van der Waals surface area contributed by atoms with Crippen molar-refractivity contribution in [3.05, 3.63) is 11.9 Å². The number of nitrogens with zero attached hydrogens (tertiary/aromatic N) is 4. The zero-order valence-corrected chi connectivity index (χ0v) is 17.1. The molecule has 0 spiro atoms. The van der Waals surface area contributed by atoms with Gasteiger partial charge in [-0.1, -0.05) is 0 Å². The minimum absolute atomic E-state index is 0.153. The van der Waals surface area contributed by atoms with Crippen LogP contribution in [-0.4, -0.2) is 69.4 Å². The van der Waals surface area contributed by atoms with E-state index < -0.39 is 11.5 Å². The van der Waals surface area contributed by atoms with Crippen LogP contribution >= 0.6 is 0 Å². The topological polar surface area (TPSA) is 120 Å². The van der Waals surface area contributed by atoms with Crippen LogP contribution in [0.15, 0.2) is 6.20 Å². The molecule has 2 aliphatic rings. The number of anilines is 1.